The van der Waals surface area contributed by atoms with Crippen LogP contribution in [-0.4, -0.2) is 18.2 Å². The second-order valence-corrected chi connectivity index (χ2v) is 2.20. The molecule has 1 unspecified atom stereocenters. The van der Waals surface area contributed by atoms with Gasteiger partial charge in [-0.1, -0.05) is 6.92 Å². The maximum absolute atomic E-state index is 5.14. The molecular weight excluding hydrogens is 140 g/mol. The van der Waals surface area contributed by atoms with Crippen LogP contribution in [-0.2, 0) is 0 Å². The second kappa shape index (κ2) is 3.75. The van der Waals surface area contributed by atoms with E-state index < -0.39 is 0 Å². The van der Waals surface area contributed by atoms with Crippen LogP contribution >= 0.6 is 0 Å². The van der Waals surface area contributed by atoms with Crippen LogP contribution in [0.3, 0.4) is 0 Å². The Morgan fingerprint density at radius 2 is 2.73 bits per heavy atom. The van der Waals surface area contributed by atoms with Crippen molar-refractivity contribution in [1.82, 2.24) is 5.32 Å². The molecule has 0 bridgehead atoms. The minimum absolute atomic E-state index is 0.186. The Balaban J connectivity index is 2.60. The first kappa shape index (κ1) is 7.78. The summed E-state index contributed by atoms with van der Waals surface area (Å²) in [7, 11) is 0. The lowest BCUT2D eigenvalue weighted by atomic mass is 10.2. The van der Waals surface area contributed by atoms with E-state index in [1.165, 1.54) is 6.20 Å². The zero-order chi connectivity index (χ0) is 8.10. The predicted molar refractivity (Wildman–Crippen MR) is 46.5 cm³/mol. The summed E-state index contributed by atoms with van der Waals surface area (Å²) < 4.78 is 0. The third-order valence-electron chi connectivity index (χ3n) is 1.47. The van der Waals surface area contributed by atoms with Crippen LogP contribution in [0.25, 0.3) is 0 Å². The van der Waals surface area contributed by atoms with Crippen LogP contribution in [0.1, 0.15) is 13.3 Å². The lowest BCUT2D eigenvalue weighted by Crippen LogP contribution is -2.24. The second-order valence-electron chi connectivity index (χ2n) is 2.20. The number of aliphatic imine (C=N–C) groups is 2. The molecule has 0 spiro atoms. The average Bonchev–Trinajstić information content (AvgIpc) is 2.47. The molecule has 3 N–H and O–H groups in total. The lowest BCUT2D eigenvalue weighted by Gasteiger charge is -2.02. The fourth-order valence-electron chi connectivity index (χ4n) is 0.906. The zero-order valence-electron chi connectivity index (χ0n) is 6.49. The molecule has 4 heteroatoms. The predicted octanol–water partition coefficient (Wildman–Crippen LogP) is 0.225. The van der Waals surface area contributed by atoms with Gasteiger partial charge in [0.15, 0.2) is 0 Å². The number of nitrogens with one attached hydrogen (secondary N) is 1. The Hall–Kier alpha value is -1.32. The highest BCUT2D eigenvalue weighted by Gasteiger charge is 2.14. The summed E-state index contributed by atoms with van der Waals surface area (Å²) in [6, 6.07) is 0.186. The molecule has 0 aromatic rings. The largest absolute Gasteiger partial charge is 0.403 e. The van der Waals surface area contributed by atoms with Gasteiger partial charge in [0, 0.05) is 12.4 Å². The Morgan fingerprint density at radius 1 is 1.91 bits per heavy atom. The van der Waals surface area contributed by atoms with Gasteiger partial charge < -0.3 is 11.1 Å². The van der Waals surface area contributed by atoms with Gasteiger partial charge in [-0.05, 0) is 6.42 Å². The van der Waals surface area contributed by atoms with Crippen molar-refractivity contribution in [3.8, 4) is 0 Å². The van der Waals surface area contributed by atoms with E-state index in [1.807, 2.05) is 0 Å². The van der Waals surface area contributed by atoms with Crippen molar-refractivity contribution in [2.24, 2.45) is 15.7 Å². The normalized spacial score (nSPS) is 26.6. The van der Waals surface area contributed by atoms with Crippen molar-refractivity contribution in [3.63, 3.8) is 0 Å². The molecule has 0 aromatic heterocycles. The van der Waals surface area contributed by atoms with Crippen LogP contribution in [0.5, 0.6) is 0 Å². The molecule has 1 atom stereocenters. The van der Waals surface area contributed by atoms with Crippen LogP contribution in [0.15, 0.2) is 22.4 Å². The molecule has 0 amide bonds. The monoisotopic (exact) mass is 152 g/mol. The molecule has 0 radical (unpaired) electrons. The van der Waals surface area contributed by atoms with Gasteiger partial charge in [-0.3, -0.25) is 4.99 Å². The number of rotatable bonds is 2. The molecule has 0 saturated carbocycles. The van der Waals surface area contributed by atoms with E-state index >= 15 is 0 Å². The summed E-state index contributed by atoms with van der Waals surface area (Å²) in [5.41, 5.74) is 5.14. The van der Waals surface area contributed by atoms with Crippen molar-refractivity contribution in [2.75, 3.05) is 0 Å². The number of amidine groups is 1. The van der Waals surface area contributed by atoms with Crippen molar-refractivity contribution >= 4 is 12.2 Å². The molecule has 0 fully saturated rings. The summed E-state index contributed by atoms with van der Waals surface area (Å²) in [6.07, 6.45) is 5.58. The van der Waals surface area contributed by atoms with Gasteiger partial charge in [0.25, 0.3) is 0 Å². The molecule has 1 rings (SSSR count). The molecular formula is C7H12N4. The van der Waals surface area contributed by atoms with E-state index in [0.29, 0.717) is 0 Å². The van der Waals surface area contributed by atoms with E-state index in [0.717, 1.165) is 12.3 Å². The van der Waals surface area contributed by atoms with Crippen LogP contribution in [0.4, 0.5) is 0 Å². The molecule has 0 aromatic carbocycles. The highest BCUT2D eigenvalue weighted by atomic mass is 15.1. The number of nitrogens with zero attached hydrogens (tertiary/aromatic N) is 2. The standard InChI is InChI=1S/C7H12N4/c1-2-6-7(9-4-3-8)11-5-10-6/h3-6H,2,8H2,1H3,(H,9,10,11)/b4-3-. The fourth-order valence-corrected chi connectivity index (χ4v) is 0.906. The molecule has 11 heavy (non-hydrogen) atoms. The maximum atomic E-state index is 5.14. The van der Waals surface area contributed by atoms with E-state index in [-0.39, 0.29) is 6.04 Å². The highest BCUT2D eigenvalue weighted by molar-refractivity contribution is 6.00. The Bertz CT molecular complexity index is 204. The Morgan fingerprint density at radius 3 is 3.36 bits per heavy atom. The molecule has 0 saturated heterocycles. The summed E-state index contributed by atoms with van der Waals surface area (Å²) in [4.78, 5) is 8.22. The summed E-state index contributed by atoms with van der Waals surface area (Å²) in [5.74, 6) is 0.870. The maximum Gasteiger partial charge on any atom is 0.132 e. The van der Waals surface area contributed by atoms with Crippen molar-refractivity contribution in [1.29, 1.82) is 0 Å². The Labute approximate surface area is 65.9 Å². The van der Waals surface area contributed by atoms with Crippen molar-refractivity contribution < 1.29 is 0 Å². The summed E-state index contributed by atoms with van der Waals surface area (Å²) in [5, 5.41) is 2.94. The minimum Gasteiger partial charge on any atom is -0.403 e. The molecule has 4 nitrogen and oxygen atoms in total. The smallest absolute Gasteiger partial charge is 0.132 e. The van der Waals surface area contributed by atoms with E-state index in [4.69, 9.17) is 5.73 Å². The first-order chi connectivity index (χ1) is 5.38. The number of hydrogen-bond acceptors (Lipinski definition) is 3. The van der Waals surface area contributed by atoms with Gasteiger partial charge in [0.2, 0.25) is 0 Å². The first-order valence-electron chi connectivity index (χ1n) is 3.61. The van der Waals surface area contributed by atoms with Crippen molar-refractivity contribution in [3.05, 3.63) is 12.4 Å². The van der Waals surface area contributed by atoms with E-state index in [9.17, 15) is 0 Å². The third kappa shape index (κ3) is 1.80. The van der Waals surface area contributed by atoms with Gasteiger partial charge in [-0.15, -0.1) is 0 Å². The summed E-state index contributed by atoms with van der Waals surface area (Å²) in [6.45, 7) is 2.07. The molecule has 1 aliphatic heterocycles. The average molecular weight is 152 g/mol. The fraction of sp³-hybridized carbons (Fsp3) is 0.429. The van der Waals surface area contributed by atoms with Crippen LogP contribution in [0.2, 0.25) is 0 Å². The van der Waals surface area contributed by atoms with Gasteiger partial charge in [-0.25, -0.2) is 4.99 Å². The summed E-state index contributed by atoms with van der Waals surface area (Å²) >= 11 is 0. The number of hydrogen-bond donors (Lipinski definition) is 2. The quantitative estimate of drug-likeness (QED) is 0.594. The third-order valence-corrected chi connectivity index (χ3v) is 1.47. The molecule has 1 aliphatic rings. The van der Waals surface area contributed by atoms with Gasteiger partial charge in [0.1, 0.15) is 11.9 Å². The van der Waals surface area contributed by atoms with E-state index in [2.05, 4.69) is 22.2 Å². The number of nitrogens with two attached hydrogens (primary N) is 1. The zero-order valence-corrected chi connectivity index (χ0v) is 6.49. The van der Waals surface area contributed by atoms with Gasteiger partial charge in [0.05, 0.1) is 6.34 Å². The van der Waals surface area contributed by atoms with Gasteiger partial charge >= 0.3 is 0 Å². The van der Waals surface area contributed by atoms with E-state index in [1.54, 1.807) is 12.5 Å². The van der Waals surface area contributed by atoms with Crippen LogP contribution < -0.4 is 11.1 Å². The molecule has 0 aliphatic carbocycles. The molecule has 60 valence electrons. The lowest BCUT2D eigenvalue weighted by molar-refractivity contribution is 0.831. The molecule has 1 heterocycles. The SMILES string of the molecule is CCC1N=CNC1=N/C=C\N. The topological polar surface area (TPSA) is 62.8 Å². The van der Waals surface area contributed by atoms with Crippen LogP contribution in [0, 0.1) is 0 Å². The van der Waals surface area contributed by atoms with Gasteiger partial charge in [-0.2, -0.15) is 0 Å². The first-order valence-corrected chi connectivity index (χ1v) is 3.61. The highest BCUT2D eigenvalue weighted by Crippen LogP contribution is 2.02. The Kier molecular flexibility index (Phi) is 2.66. The van der Waals surface area contributed by atoms with Crippen molar-refractivity contribution in [2.45, 2.75) is 19.4 Å². The minimum atomic E-state index is 0.186.